The maximum Gasteiger partial charge on any atom is 0.259 e. The number of anilines is 1. The Hall–Kier alpha value is -2.63. The third kappa shape index (κ3) is 1.95. The fraction of sp³-hybridized carbons (Fsp3) is 0.214. The molecule has 0 aromatic carbocycles. The predicted molar refractivity (Wildman–Crippen MR) is 75.8 cm³/mol. The minimum absolute atomic E-state index is 0.142. The Morgan fingerprint density at radius 3 is 2.80 bits per heavy atom. The average Bonchev–Trinajstić information content (AvgIpc) is 2.94. The zero-order valence-corrected chi connectivity index (χ0v) is 11.6. The maximum absolute atomic E-state index is 12.4. The van der Waals surface area contributed by atoms with E-state index in [0.717, 1.165) is 22.6 Å². The van der Waals surface area contributed by atoms with Gasteiger partial charge in [-0.3, -0.25) is 9.48 Å². The molecule has 0 unspecified atom stereocenters. The van der Waals surface area contributed by atoms with Gasteiger partial charge in [0.1, 0.15) is 0 Å². The number of nitrogens with one attached hydrogen (secondary N) is 1. The van der Waals surface area contributed by atoms with Gasteiger partial charge in [-0.05, 0) is 32.0 Å². The summed E-state index contributed by atoms with van der Waals surface area (Å²) in [5, 5.41) is 11.3. The zero-order chi connectivity index (χ0) is 14.3. The highest BCUT2D eigenvalue weighted by atomic mass is 16.1. The number of rotatable bonds is 2. The van der Waals surface area contributed by atoms with Gasteiger partial charge in [0.05, 0.1) is 16.8 Å². The summed E-state index contributed by atoms with van der Waals surface area (Å²) in [6.45, 7) is 3.72. The molecule has 0 aliphatic heterocycles. The largest absolute Gasteiger partial charge is 0.322 e. The van der Waals surface area contributed by atoms with Crippen LogP contribution in [0.2, 0.25) is 0 Å². The summed E-state index contributed by atoms with van der Waals surface area (Å²) in [4.78, 5) is 12.4. The summed E-state index contributed by atoms with van der Waals surface area (Å²) in [7, 11) is 1.83. The van der Waals surface area contributed by atoms with E-state index in [9.17, 15) is 4.79 Å². The van der Waals surface area contributed by atoms with Crippen molar-refractivity contribution in [1.29, 1.82) is 0 Å². The molecule has 3 aromatic heterocycles. The normalized spacial score (nSPS) is 10.9. The van der Waals surface area contributed by atoms with E-state index in [1.807, 2.05) is 45.3 Å². The molecular formula is C14H15N5O. The van der Waals surface area contributed by atoms with E-state index in [4.69, 9.17) is 0 Å². The third-order valence-corrected chi connectivity index (χ3v) is 3.39. The molecule has 1 amide bonds. The van der Waals surface area contributed by atoms with Crippen LogP contribution in [-0.4, -0.2) is 25.3 Å². The first-order chi connectivity index (χ1) is 9.56. The third-order valence-electron chi connectivity index (χ3n) is 3.39. The summed E-state index contributed by atoms with van der Waals surface area (Å²) < 4.78 is 3.46. The number of fused-ring (bicyclic) bond motifs is 1. The summed E-state index contributed by atoms with van der Waals surface area (Å²) in [6.07, 6.45) is 3.53. The summed E-state index contributed by atoms with van der Waals surface area (Å²) >= 11 is 0. The molecule has 102 valence electrons. The number of carbonyl (C=O) groups is 1. The lowest BCUT2D eigenvalue weighted by atomic mass is 10.2. The van der Waals surface area contributed by atoms with Crippen LogP contribution in [0.3, 0.4) is 0 Å². The zero-order valence-electron chi connectivity index (χ0n) is 11.6. The SMILES string of the molecule is Cc1nn(C)c(C)c1C(=O)Nc1ccn2nccc2c1. The number of amides is 1. The first kappa shape index (κ1) is 12.4. The molecule has 6 heteroatoms. The van der Waals surface area contributed by atoms with E-state index in [2.05, 4.69) is 15.5 Å². The Labute approximate surface area is 116 Å². The van der Waals surface area contributed by atoms with E-state index in [-0.39, 0.29) is 5.91 Å². The summed E-state index contributed by atoms with van der Waals surface area (Å²) in [5.41, 5.74) is 3.88. The van der Waals surface area contributed by atoms with Gasteiger partial charge in [-0.1, -0.05) is 0 Å². The lowest BCUT2D eigenvalue weighted by molar-refractivity contribution is 0.102. The van der Waals surface area contributed by atoms with E-state index in [1.165, 1.54) is 0 Å². The van der Waals surface area contributed by atoms with Crippen LogP contribution in [-0.2, 0) is 7.05 Å². The lowest BCUT2D eigenvalue weighted by Crippen LogP contribution is -2.14. The molecule has 0 bridgehead atoms. The molecule has 3 aromatic rings. The minimum atomic E-state index is -0.142. The molecule has 20 heavy (non-hydrogen) atoms. The Bertz CT molecular complexity index is 799. The van der Waals surface area contributed by atoms with Crippen LogP contribution in [0.5, 0.6) is 0 Å². The monoisotopic (exact) mass is 269 g/mol. The number of aromatic nitrogens is 4. The minimum Gasteiger partial charge on any atom is -0.322 e. The summed E-state index contributed by atoms with van der Waals surface area (Å²) in [6, 6.07) is 5.58. The van der Waals surface area contributed by atoms with Gasteiger partial charge in [0.15, 0.2) is 0 Å². The average molecular weight is 269 g/mol. The standard InChI is InChI=1S/C14H15N5O/c1-9-13(10(2)18(3)17-9)14(20)16-11-5-7-19-12(8-11)4-6-15-19/h4-8H,1-3H3,(H,16,20). The first-order valence-corrected chi connectivity index (χ1v) is 6.31. The van der Waals surface area contributed by atoms with Crippen molar-refractivity contribution in [2.45, 2.75) is 13.8 Å². The Morgan fingerprint density at radius 2 is 2.10 bits per heavy atom. The molecule has 1 N–H and O–H groups in total. The van der Waals surface area contributed by atoms with Gasteiger partial charge < -0.3 is 5.32 Å². The smallest absolute Gasteiger partial charge is 0.259 e. The maximum atomic E-state index is 12.4. The predicted octanol–water partition coefficient (Wildman–Crippen LogP) is 1.94. The van der Waals surface area contributed by atoms with Crippen molar-refractivity contribution < 1.29 is 4.79 Å². The number of hydrogen-bond acceptors (Lipinski definition) is 3. The van der Waals surface area contributed by atoms with Gasteiger partial charge >= 0.3 is 0 Å². The van der Waals surface area contributed by atoms with Crippen molar-refractivity contribution in [3.05, 3.63) is 47.5 Å². The van der Waals surface area contributed by atoms with Gasteiger partial charge in [-0.2, -0.15) is 10.2 Å². The molecule has 0 saturated carbocycles. The second kappa shape index (κ2) is 4.48. The number of carbonyl (C=O) groups excluding carboxylic acids is 1. The molecule has 0 spiro atoms. The molecule has 0 atom stereocenters. The van der Waals surface area contributed by atoms with Gasteiger partial charge in [0.25, 0.3) is 5.91 Å². The van der Waals surface area contributed by atoms with Crippen LogP contribution in [0, 0.1) is 13.8 Å². The number of hydrogen-bond donors (Lipinski definition) is 1. The highest BCUT2D eigenvalue weighted by molar-refractivity contribution is 6.06. The number of aryl methyl sites for hydroxylation is 2. The van der Waals surface area contributed by atoms with Crippen LogP contribution in [0.15, 0.2) is 30.6 Å². The molecule has 0 aliphatic rings. The van der Waals surface area contributed by atoms with E-state index in [0.29, 0.717) is 5.56 Å². The van der Waals surface area contributed by atoms with Crippen LogP contribution in [0.1, 0.15) is 21.7 Å². The Balaban J connectivity index is 1.91. The van der Waals surface area contributed by atoms with Crippen molar-refractivity contribution in [2.75, 3.05) is 5.32 Å². The van der Waals surface area contributed by atoms with Crippen molar-refractivity contribution in [3.8, 4) is 0 Å². The highest BCUT2D eigenvalue weighted by Gasteiger charge is 2.17. The number of pyridine rings is 1. The van der Waals surface area contributed by atoms with Crippen molar-refractivity contribution in [1.82, 2.24) is 19.4 Å². The van der Waals surface area contributed by atoms with Crippen LogP contribution in [0.25, 0.3) is 5.52 Å². The molecule has 3 rings (SSSR count). The highest BCUT2D eigenvalue weighted by Crippen LogP contribution is 2.16. The first-order valence-electron chi connectivity index (χ1n) is 6.31. The molecule has 0 saturated heterocycles. The van der Waals surface area contributed by atoms with Crippen molar-refractivity contribution >= 4 is 17.1 Å². The van der Waals surface area contributed by atoms with Gasteiger partial charge in [-0.25, -0.2) is 4.52 Å². The topological polar surface area (TPSA) is 64.2 Å². The van der Waals surface area contributed by atoms with Gasteiger partial charge in [-0.15, -0.1) is 0 Å². The molecule has 6 nitrogen and oxygen atoms in total. The Kier molecular flexibility index (Phi) is 2.78. The molecule has 0 aliphatic carbocycles. The second-order valence-electron chi connectivity index (χ2n) is 4.74. The lowest BCUT2D eigenvalue weighted by Gasteiger charge is -2.06. The van der Waals surface area contributed by atoms with Crippen molar-refractivity contribution in [3.63, 3.8) is 0 Å². The van der Waals surface area contributed by atoms with Crippen LogP contribution >= 0.6 is 0 Å². The quantitative estimate of drug-likeness (QED) is 0.773. The fourth-order valence-electron chi connectivity index (χ4n) is 2.30. The van der Waals surface area contributed by atoms with Crippen LogP contribution in [0.4, 0.5) is 5.69 Å². The number of nitrogens with zero attached hydrogens (tertiary/aromatic N) is 4. The molecule has 3 heterocycles. The van der Waals surface area contributed by atoms with Gasteiger partial charge in [0.2, 0.25) is 0 Å². The molecule has 0 radical (unpaired) electrons. The second-order valence-corrected chi connectivity index (χ2v) is 4.74. The Morgan fingerprint density at radius 1 is 1.30 bits per heavy atom. The van der Waals surface area contributed by atoms with Crippen LogP contribution < -0.4 is 5.32 Å². The fourth-order valence-corrected chi connectivity index (χ4v) is 2.30. The van der Waals surface area contributed by atoms with Gasteiger partial charge in [0, 0.05) is 30.8 Å². The van der Waals surface area contributed by atoms with E-state index >= 15 is 0 Å². The summed E-state index contributed by atoms with van der Waals surface area (Å²) in [5.74, 6) is -0.142. The molecule has 0 fully saturated rings. The van der Waals surface area contributed by atoms with E-state index < -0.39 is 0 Å². The van der Waals surface area contributed by atoms with Crippen molar-refractivity contribution in [2.24, 2.45) is 7.05 Å². The van der Waals surface area contributed by atoms with E-state index in [1.54, 1.807) is 15.4 Å². The molecular weight excluding hydrogens is 254 g/mol.